The summed E-state index contributed by atoms with van der Waals surface area (Å²) in [7, 11) is -0.397. The van der Waals surface area contributed by atoms with Crippen LogP contribution in [-0.4, -0.2) is 194 Å². The highest BCUT2D eigenvalue weighted by atomic mass is 28.4. The summed E-state index contributed by atoms with van der Waals surface area (Å²) in [4.78, 5) is 0. The maximum absolute atomic E-state index is 5.84. The van der Waals surface area contributed by atoms with Gasteiger partial charge in [-0.05, 0) is 32.9 Å². The van der Waals surface area contributed by atoms with Crippen molar-refractivity contribution in [3.63, 3.8) is 0 Å². The maximum atomic E-state index is 5.84. The monoisotopic (exact) mass is 734 g/mol. The van der Waals surface area contributed by atoms with Gasteiger partial charge in [0.2, 0.25) is 0 Å². The van der Waals surface area contributed by atoms with Crippen LogP contribution in [0.2, 0.25) is 12.6 Å². The van der Waals surface area contributed by atoms with Crippen molar-refractivity contribution >= 4 is 8.56 Å². The maximum Gasteiger partial charge on any atom is 0.334 e. The molecule has 0 aliphatic rings. The van der Waals surface area contributed by atoms with Crippen LogP contribution in [0.15, 0.2) is 0 Å². The van der Waals surface area contributed by atoms with E-state index in [-0.39, 0.29) is 0 Å². The van der Waals surface area contributed by atoms with E-state index in [1.807, 2.05) is 13.8 Å². The van der Waals surface area contributed by atoms with E-state index in [2.05, 4.69) is 6.55 Å². The van der Waals surface area contributed by atoms with Gasteiger partial charge in [0, 0.05) is 26.9 Å². The molecule has 296 valence electrons. The Morgan fingerprint density at radius 3 is 0.714 bits per heavy atom. The van der Waals surface area contributed by atoms with Crippen LogP contribution in [0.1, 0.15) is 20.3 Å². The molecule has 0 aromatic carbocycles. The molecule has 0 rings (SSSR count). The third-order valence-electron chi connectivity index (χ3n) is 6.34. The van der Waals surface area contributed by atoms with Gasteiger partial charge in [0.25, 0.3) is 0 Å². The molecule has 49 heavy (non-hydrogen) atoms. The Hall–Kier alpha value is -0.383. The van der Waals surface area contributed by atoms with Crippen LogP contribution in [0, 0.1) is 0 Å². The molecule has 0 aliphatic carbocycles. The van der Waals surface area contributed by atoms with E-state index in [0.29, 0.717) is 178 Å². The van der Waals surface area contributed by atoms with Crippen molar-refractivity contribution < 1.29 is 70.4 Å². The van der Waals surface area contributed by atoms with Crippen LogP contribution in [0.5, 0.6) is 0 Å². The molecule has 0 saturated carbocycles. The summed E-state index contributed by atoms with van der Waals surface area (Å²) in [6.45, 7) is 20.9. The van der Waals surface area contributed by atoms with Gasteiger partial charge in [0.1, 0.15) is 0 Å². The Morgan fingerprint density at radius 1 is 0.306 bits per heavy atom. The largest absolute Gasteiger partial charge is 0.395 e. The van der Waals surface area contributed by atoms with E-state index in [1.165, 1.54) is 0 Å². The number of ether oxygens (including phenoxy) is 13. The minimum atomic E-state index is -2.04. The van der Waals surface area contributed by atoms with Crippen LogP contribution in [0.3, 0.4) is 0 Å². The first-order chi connectivity index (χ1) is 24.2. The third kappa shape index (κ3) is 40.2. The summed E-state index contributed by atoms with van der Waals surface area (Å²) in [5.74, 6) is 0. The van der Waals surface area contributed by atoms with E-state index in [1.54, 1.807) is 7.11 Å². The predicted octanol–water partition coefficient (Wildman–Crippen LogP) is 2.37. The van der Waals surface area contributed by atoms with Gasteiger partial charge in [-0.15, -0.1) is 0 Å². The summed E-state index contributed by atoms with van der Waals surface area (Å²) < 4.78 is 82.3. The molecular weight excluding hydrogens is 664 g/mol. The lowest BCUT2D eigenvalue weighted by molar-refractivity contribution is -0.0287. The van der Waals surface area contributed by atoms with Gasteiger partial charge in [0.05, 0.1) is 159 Å². The van der Waals surface area contributed by atoms with E-state index in [0.717, 1.165) is 12.5 Å². The molecule has 0 amide bonds. The van der Waals surface area contributed by atoms with Crippen molar-refractivity contribution in [2.75, 3.05) is 185 Å². The summed E-state index contributed by atoms with van der Waals surface area (Å²) >= 11 is 0. The average Bonchev–Trinajstić information content (AvgIpc) is 3.09. The molecule has 0 fully saturated rings. The normalized spacial score (nSPS) is 12.0. The molecule has 0 unspecified atom stereocenters. The fourth-order valence-electron chi connectivity index (χ4n) is 3.96. The van der Waals surface area contributed by atoms with Crippen molar-refractivity contribution in [3.8, 4) is 0 Å². The summed E-state index contributed by atoms with van der Waals surface area (Å²) in [6, 6.07) is 0.934. The second kappa shape index (κ2) is 42.0. The fraction of sp³-hybridized carbons (Fsp3) is 1.00. The molecule has 0 aromatic heterocycles. The number of rotatable bonds is 44. The van der Waals surface area contributed by atoms with E-state index >= 15 is 0 Å². The second-order valence-corrected chi connectivity index (χ2v) is 13.8. The van der Waals surface area contributed by atoms with E-state index in [9.17, 15) is 0 Å². The van der Waals surface area contributed by atoms with E-state index < -0.39 is 8.56 Å². The molecule has 16 heteroatoms. The number of methoxy groups -OCH3 is 1. The third-order valence-corrected chi connectivity index (χ3v) is 9.40. The molecule has 0 N–H and O–H groups in total. The number of hydrogen-bond donors (Lipinski definition) is 0. The average molecular weight is 735 g/mol. The molecule has 0 spiro atoms. The zero-order valence-electron chi connectivity index (χ0n) is 31.1. The SMILES string of the molecule is CCO[Si](C)(CCCOCCOCCOCCOCCOCCOCCOCCOCCOCCOCCOCCOCCOC)OCC. The van der Waals surface area contributed by atoms with Crippen molar-refractivity contribution in [1.29, 1.82) is 0 Å². The zero-order chi connectivity index (χ0) is 35.6. The summed E-state index contributed by atoms with van der Waals surface area (Å²) in [5.41, 5.74) is 0. The highest BCUT2D eigenvalue weighted by molar-refractivity contribution is 6.66. The van der Waals surface area contributed by atoms with Gasteiger partial charge >= 0.3 is 8.56 Å². The molecule has 0 atom stereocenters. The van der Waals surface area contributed by atoms with Gasteiger partial charge in [0.15, 0.2) is 0 Å². The molecule has 0 aromatic rings. The smallest absolute Gasteiger partial charge is 0.334 e. The van der Waals surface area contributed by atoms with E-state index in [4.69, 9.17) is 70.4 Å². The van der Waals surface area contributed by atoms with Gasteiger partial charge in [-0.1, -0.05) is 0 Å². The van der Waals surface area contributed by atoms with Crippen LogP contribution in [0.4, 0.5) is 0 Å². The van der Waals surface area contributed by atoms with Crippen molar-refractivity contribution in [2.45, 2.75) is 32.9 Å². The van der Waals surface area contributed by atoms with Gasteiger partial charge in [-0.3, -0.25) is 0 Å². The second-order valence-electron chi connectivity index (χ2n) is 10.4. The first-order valence-corrected chi connectivity index (χ1v) is 20.4. The molecule has 0 bridgehead atoms. The van der Waals surface area contributed by atoms with Crippen LogP contribution < -0.4 is 0 Å². The standard InChI is InChI=1S/C33H70O15Si/c1-5-47-49(4,48-6-2)33-7-8-35-11-12-37-15-16-39-19-20-41-23-24-43-27-28-45-31-32-46-30-29-44-26-25-42-22-21-40-18-17-38-14-13-36-10-9-34-3/h5-33H2,1-4H3. The first-order valence-electron chi connectivity index (χ1n) is 17.9. The highest BCUT2D eigenvalue weighted by Crippen LogP contribution is 2.15. The van der Waals surface area contributed by atoms with Crippen molar-refractivity contribution in [1.82, 2.24) is 0 Å². The fourth-order valence-corrected chi connectivity index (χ4v) is 6.34. The number of hydrogen-bond acceptors (Lipinski definition) is 15. The van der Waals surface area contributed by atoms with Crippen LogP contribution >= 0.6 is 0 Å². The Balaban J connectivity index is 3.13. The lowest BCUT2D eigenvalue weighted by Crippen LogP contribution is -2.38. The zero-order valence-corrected chi connectivity index (χ0v) is 32.1. The highest BCUT2D eigenvalue weighted by Gasteiger charge is 2.29. The predicted molar refractivity (Wildman–Crippen MR) is 186 cm³/mol. The molecule has 0 radical (unpaired) electrons. The minimum Gasteiger partial charge on any atom is -0.395 e. The van der Waals surface area contributed by atoms with Gasteiger partial charge in [-0.25, -0.2) is 0 Å². The van der Waals surface area contributed by atoms with Crippen LogP contribution in [0.25, 0.3) is 0 Å². The molecule has 0 aliphatic heterocycles. The Morgan fingerprint density at radius 2 is 0.510 bits per heavy atom. The molecule has 0 saturated heterocycles. The molecular formula is C33H70O15Si. The quantitative estimate of drug-likeness (QED) is 0.0669. The summed E-state index contributed by atoms with van der Waals surface area (Å²) in [6.07, 6.45) is 0.931. The Bertz CT molecular complexity index is 606. The lowest BCUT2D eigenvalue weighted by atomic mass is 10.5. The molecule has 0 heterocycles. The Kier molecular flexibility index (Phi) is 41.7. The first kappa shape index (κ1) is 48.6. The van der Waals surface area contributed by atoms with Gasteiger partial charge < -0.3 is 70.4 Å². The topological polar surface area (TPSA) is 138 Å². The summed E-state index contributed by atoms with van der Waals surface area (Å²) in [5, 5.41) is 0. The lowest BCUT2D eigenvalue weighted by Gasteiger charge is -2.25. The van der Waals surface area contributed by atoms with Crippen molar-refractivity contribution in [2.24, 2.45) is 0 Å². The van der Waals surface area contributed by atoms with Crippen molar-refractivity contribution in [3.05, 3.63) is 0 Å². The van der Waals surface area contributed by atoms with Crippen LogP contribution in [-0.2, 0) is 70.4 Å². The minimum absolute atomic E-state index is 0.509. The van der Waals surface area contributed by atoms with Gasteiger partial charge in [-0.2, -0.15) is 0 Å². The Labute approximate surface area is 297 Å². The molecule has 15 nitrogen and oxygen atoms in total.